The van der Waals surface area contributed by atoms with Gasteiger partial charge in [0.05, 0.1) is 14.2 Å². The molecule has 2 aromatic carbocycles. The third kappa shape index (κ3) is 3.58. The van der Waals surface area contributed by atoms with Crippen LogP contribution in [0.5, 0.6) is 17.2 Å². The zero-order valence-electron chi connectivity index (χ0n) is 11.9. The fraction of sp³-hybridized carbons (Fsp3) is 0.250. The van der Waals surface area contributed by atoms with E-state index in [-0.39, 0.29) is 12.4 Å². The lowest BCUT2D eigenvalue weighted by molar-refractivity contribution is 0.277. The molecule has 5 heteroatoms. The van der Waals surface area contributed by atoms with Gasteiger partial charge in [-0.2, -0.15) is 0 Å². The number of hydrogen-bond donors (Lipinski definition) is 0. The first-order chi connectivity index (χ1) is 10.2. The molecule has 0 aromatic heterocycles. The monoisotopic (exact) mass is 310 g/mol. The second-order valence-electron chi connectivity index (χ2n) is 4.34. The van der Waals surface area contributed by atoms with E-state index in [1.54, 1.807) is 37.4 Å². The van der Waals surface area contributed by atoms with Gasteiger partial charge in [0.25, 0.3) is 0 Å². The minimum atomic E-state index is -0.420. The molecule has 0 aliphatic rings. The van der Waals surface area contributed by atoms with Crippen LogP contribution in [0.2, 0.25) is 0 Å². The van der Waals surface area contributed by atoms with Crippen molar-refractivity contribution in [1.29, 1.82) is 0 Å². The number of rotatable bonds is 6. The molecule has 0 radical (unpaired) electrons. The maximum absolute atomic E-state index is 14.0. The molecule has 0 spiro atoms. The van der Waals surface area contributed by atoms with Gasteiger partial charge < -0.3 is 14.2 Å². The highest BCUT2D eigenvalue weighted by Crippen LogP contribution is 2.30. The molecule has 0 saturated heterocycles. The summed E-state index contributed by atoms with van der Waals surface area (Å²) in [6, 6.07) is 10.3. The highest BCUT2D eigenvalue weighted by atomic mass is 35.5. The van der Waals surface area contributed by atoms with E-state index in [1.165, 1.54) is 7.11 Å². The van der Waals surface area contributed by atoms with E-state index in [0.29, 0.717) is 22.9 Å². The molecule has 21 heavy (non-hydrogen) atoms. The van der Waals surface area contributed by atoms with Crippen LogP contribution in [0.15, 0.2) is 36.4 Å². The Bertz CT molecular complexity index is 616. The van der Waals surface area contributed by atoms with E-state index in [2.05, 4.69) is 0 Å². The van der Waals surface area contributed by atoms with Gasteiger partial charge in [-0.1, -0.05) is 18.2 Å². The molecule has 2 aromatic rings. The lowest BCUT2D eigenvalue weighted by atomic mass is 10.2. The maximum Gasteiger partial charge on any atom is 0.171 e. The number of hydrogen-bond acceptors (Lipinski definition) is 3. The van der Waals surface area contributed by atoms with Gasteiger partial charge in [-0.15, -0.1) is 11.6 Å². The van der Waals surface area contributed by atoms with Crippen LogP contribution in [-0.4, -0.2) is 14.2 Å². The van der Waals surface area contributed by atoms with Crippen molar-refractivity contribution in [3.63, 3.8) is 0 Å². The Morgan fingerprint density at radius 1 is 1.00 bits per heavy atom. The lowest BCUT2D eigenvalue weighted by Gasteiger charge is -2.13. The van der Waals surface area contributed by atoms with Crippen LogP contribution in [0, 0.1) is 5.82 Å². The summed E-state index contributed by atoms with van der Waals surface area (Å²) < 4.78 is 29.8. The van der Waals surface area contributed by atoms with Gasteiger partial charge in [0.15, 0.2) is 23.1 Å². The largest absolute Gasteiger partial charge is 0.494 e. The first-order valence-electron chi connectivity index (χ1n) is 6.36. The van der Waals surface area contributed by atoms with Gasteiger partial charge in [-0.05, 0) is 23.8 Å². The van der Waals surface area contributed by atoms with Crippen molar-refractivity contribution in [1.82, 2.24) is 0 Å². The molecule has 0 N–H and O–H groups in total. The van der Waals surface area contributed by atoms with Gasteiger partial charge in [-0.25, -0.2) is 4.39 Å². The number of methoxy groups -OCH3 is 2. The van der Waals surface area contributed by atoms with Crippen molar-refractivity contribution in [2.45, 2.75) is 12.5 Å². The fourth-order valence-corrected chi connectivity index (χ4v) is 2.06. The number of ether oxygens (including phenoxy) is 3. The normalized spacial score (nSPS) is 10.3. The standard InChI is InChI=1S/C16H16ClFO3/c1-19-14-5-3-4-12(16(14)18)10-21-13-7-6-11(9-17)8-15(13)20-2/h3-8H,9-10H2,1-2H3. The minimum absolute atomic E-state index is 0.0830. The number of alkyl halides is 1. The van der Waals surface area contributed by atoms with Gasteiger partial charge in [0.1, 0.15) is 6.61 Å². The third-order valence-corrected chi connectivity index (χ3v) is 3.34. The Labute approximate surface area is 128 Å². The topological polar surface area (TPSA) is 27.7 Å². The minimum Gasteiger partial charge on any atom is -0.494 e. The Kier molecular flexibility index (Phi) is 5.28. The van der Waals surface area contributed by atoms with Crippen LogP contribution < -0.4 is 14.2 Å². The number of benzene rings is 2. The van der Waals surface area contributed by atoms with Gasteiger partial charge in [0, 0.05) is 11.4 Å². The summed E-state index contributed by atoms with van der Waals surface area (Å²) in [5, 5.41) is 0. The highest BCUT2D eigenvalue weighted by molar-refractivity contribution is 6.17. The van der Waals surface area contributed by atoms with E-state index >= 15 is 0 Å². The van der Waals surface area contributed by atoms with E-state index in [0.717, 1.165) is 5.56 Å². The summed E-state index contributed by atoms with van der Waals surface area (Å²) >= 11 is 5.78. The van der Waals surface area contributed by atoms with E-state index in [1.807, 2.05) is 6.07 Å². The summed E-state index contributed by atoms with van der Waals surface area (Å²) in [6.07, 6.45) is 0. The van der Waals surface area contributed by atoms with Crippen LogP contribution in [0.3, 0.4) is 0 Å². The van der Waals surface area contributed by atoms with Crippen molar-refractivity contribution in [2.75, 3.05) is 14.2 Å². The summed E-state index contributed by atoms with van der Waals surface area (Å²) in [5.41, 5.74) is 1.34. The molecular weight excluding hydrogens is 295 g/mol. The van der Waals surface area contributed by atoms with E-state index in [4.69, 9.17) is 25.8 Å². The molecular formula is C16H16ClFO3. The molecule has 0 unspecified atom stereocenters. The summed E-state index contributed by atoms with van der Waals surface area (Å²) in [5.74, 6) is 1.27. The van der Waals surface area contributed by atoms with Crippen molar-refractivity contribution in [3.05, 3.63) is 53.3 Å². The molecule has 0 amide bonds. The predicted molar refractivity (Wildman–Crippen MR) is 79.8 cm³/mol. The van der Waals surface area contributed by atoms with Crippen LogP contribution >= 0.6 is 11.6 Å². The third-order valence-electron chi connectivity index (χ3n) is 3.03. The first kappa shape index (κ1) is 15.4. The van der Waals surface area contributed by atoms with Crippen molar-refractivity contribution in [2.24, 2.45) is 0 Å². The summed E-state index contributed by atoms with van der Waals surface area (Å²) in [7, 11) is 2.98. The summed E-state index contributed by atoms with van der Waals surface area (Å²) in [6.45, 7) is 0.0830. The van der Waals surface area contributed by atoms with Crippen LogP contribution in [-0.2, 0) is 12.5 Å². The predicted octanol–water partition coefficient (Wildman–Crippen LogP) is 4.16. The Balaban J connectivity index is 2.16. The fourth-order valence-electron chi connectivity index (χ4n) is 1.90. The van der Waals surface area contributed by atoms with Crippen LogP contribution in [0.4, 0.5) is 4.39 Å². The van der Waals surface area contributed by atoms with Crippen molar-refractivity contribution in [3.8, 4) is 17.2 Å². The average molecular weight is 311 g/mol. The lowest BCUT2D eigenvalue weighted by Crippen LogP contribution is -2.01. The molecule has 0 aliphatic heterocycles. The van der Waals surface area contributed by atoms with Gasteiger partial charge >= 0.3 is 0 Å². The quantitative estimate of drug-likeness (QED) is 0.750. The zero-order chi connectivity index (χ0) is 15.2. The second-order valence-corrected chi connectivity index (χ2v) is 4.61. The van der Waals surface area contributed by atoms with Crippen molar-refractivity contribution >= 4 is 11.6 Å². The molecule has 0 aliphatic carbocycles. The number of halogens is 2. The Morgan fingerprint density at radius 3 is 2.43 bits per heavy atom. The first-order valence-corrected chi connectivity index (χ1v) is 6.90. The molecule has 0 fully saturated rings. The molecule has 3 nitrogen and oxygen atoms in total. The molecule has 0 heterocycles. The smallest absolute Gasteiger partial charge is 0.171 e. The zero-order valence-corrected chi connectivity index (χ0v) is 12.6. The van der Waals surface area contributed by atoms with E-state index in [9.17, 15) is 4.39 Å². The highest BCUT2D eigenvalue weighted by Gasteiger charge is 2.11. The van der Waals surface area contributed by atoms with Gasteiger partial charge in [-0.3, -0.25) is 0 Å². The average Bonchev–Trinajstić information content (AvgIpc) is 2.53. The molecule has 0 saturated carbocycles. The Hall–Kier alpha value is -1.94. The second kappa shape index (κ2) is 7.18. The molecule has 0 atom stereocenters. The Morgan fingerprint density at radius 2 is 1.76 bits per heavy atom. The van der Waals surface area contributed by atoms with Gasteiger partial charge in [0.2, 0.25) is 0 Å². The molecule has 112 valence electrons. The SMILES string of the molecule is COc1cc(CCl)ccc1OCc1cccc(OC)c1F. The summed E-state index contributed by atoms with van der Waals surface area (Å²) in [4.78, 5) is 0. The van der Waals surface area contributed by atoms with Crippen LogP contribution in [0.1, 0.15) is 11.1 Å². The van der Waals surface area contributed by atoms with E-state index < -0.39 is 5.82 Å². The van der Waals surface area contributed by atoms with Crippen molar-refractivity contribution < 1.29 is 18.6 Å². The molecule has 2 rings (SSSR count). The maximum atomic E-state index is 14.0. The van der Waals surface area contributed by atoms with Crippen LogP contribution in [0.25, 0.3) is 0 Å². The molecule has 0 bridgehead atoms.